The molecule has 1 fully saturated rings. The Balaban J connectivity index is 2.33. The Labute approximate surface area is 125 Å². The number of ether oxygens (including phenoxy) is 1. The van der Waals surface area contributed by atoms with Gasteiger partial charge in [-0.2, -0.15) is 4.98 Å². The van der Waals surface area contributed by atoms with Crippen LogP contribution in [0.3, 0.4) is 0 Å². The lowest BCUT2D eigenvalue weighted by molar-refractivity contribution is -0.108. The summed E-state index contributed by atoms with van der Waals surface area (Å²) in [6.45, 7) is 2.37. The summed E-state index contributed by atoms with van der Waals surface area (Å²) < 4.78 is 9.22. The molecule has 0 unspecified atom stereocenters. The lowest BCUT2D eigenvalue weighted by atomic mass is 10.4. The van der Waals surface area contributed by atoms with Gasteiger partial charge < -0.3 is 14.4 Å². The fraction of sp³-hybridized carbons (Fsp3) is 0.538. The number of aryl methyl sites for hydroxylation is 1. The molecule has 2 aromatic rings. The first-order valence-electron chi connectivity index (χ1n) is 6.99. The van der Waals surface area contributed by atoms with E-state index in [1.165, 1.54) is 11.6 Å². The second-order valence-electron chi connectivity index (χ2n) is 5.17. The van der Waals surface area contributed by atoms with E-state index in [9.17, 15) is 14.4 Å². The maximum Gasteiger partial charge on any atom is 0.332 e. The summed E-state index contributed by atoms with van der Waals surface area (Å²) in [6, 6.07) is 0. The molecule has 22 heavy (non-hydrogen) atoms. The number of imidazole rings is 1. The van der Waals surface area contributed by atoms with Crippen molar-refractivity contribution in [3.05, 3.63) is 20.8 Å². The molecule has 9 heteroatoms. The lowest BCUT2D eigenvalue weighted by Crippen LogP contribution is -2.38. The summed E-state index contributed by atoms with van der Waals surface area (Å²) >= 11 is 0. The zero-order valence-electron chi connectivity index (χ0n) is 12.5. The maximum absolute atomic E-state index is 12.4. The number of aldehydes is 1. The third-order valence-corrected chi connectivity index (χ3v) is 3.88. The fourth-order valence-electron chi connectivity index (χ4n) is 2.69. The molecule has 0 saturated carbocycles. The zero-order valence-corrected chi connectivity index (χ0v) is 12.5. The SMILES string of the molecule is Cn1c(=O)c2c(nc(N3CCOCC3)n2CC=O)n(C)c1=O. The Morgan fingerprint density at radius 3 is 2.50 bits per heavy atom. The molecule has 0 spiro atoms. The molecule has 9 nitrogen and oxygen atoms in total. The van der Waals surface area contributed by atoms with Gasteiger partial charge in [0.05, 0.1) is 19.8 Å². The Hall–Kier alpha value is -2.42. The Kier molecular flexibility index (Phi) is 3.57. The normalized spacial score (nSPS) is 15.5. The van der Waals surface area contributed by atoms with Crippen molar-refractivity contribution in [2.24, 2.45) is 14.1 Å². The molecule has 0 bridgehead atoms. The van der Waals surface area contributed by atoms with Gasteiger partial charge in [-0.15, -0.1) is 0 Å². The minimum absolute atomic E-state index is 0.0105. The molecule has 1 aliphatic rings. The summed E-state index contributed by atoms with van der Waals surface area (Å²) in [4.78, 5) is 41.9. The van der Waals surface area contributed by atoms with Crippen LogP contribution in [0.1, 0.15) is 0 Å². The van der Waals surface area contributed by atoms with Gasteiger partial charge in [-0.05, 0) is 0 Å². The first-order chi connectivity index (χ1) is 10.6. The Bertz CT molecular complexity index is 841. The highest BCUT2D eigenvalue weighted by atomic mass is 16.5. The van der Waals surface area contributed by atoms with Crippen LogP contribution in [0, 0.1) is 0 Å². The van der Waals surface area contributed by atoms with Gasteiger partial charge in [0, 0.05) is 27.2 Å². The molecule has 0 radical (unpaired) electrons. The predicted molar refractivity (Wildman–Crippen MR) is 79.3 cm³/mol. The Morgan fingerprint density at radius 1 is 1.18 bits per heavy atom. The lowest BCUT2D eigenvalue weighted by Gasteiger charge is -2.27. The average molecular weight is 307 g/mol. The van der Waals surface area contributed by atoms with Gasteiger partial charge in [0.25, 0.3) is 5.56 Å². The smallest absolute Gasteiger partial charge is 0.332 e. The van der Waals surface area contributed by atoms with Crippen molar-refractivity contribution >= 4 is 23.4 Å². The molecule has 3 heterocycles. The Morgan fingerprint density at radius 2 is 1.86 bits per heavy atom. The predicted octanol–water partition coefficient (Wildman–Crippen LogP) is -1.53. The molecule has 0 N–H and O–H groups in total. The molecule has 0 atom stereocenters. The van der Waals surface area contributed by atoms with Crippen molar-refractivity contribution in [2.45, 2.75) is 6.54 Å². The van der Waals surface area contributed by atoms with Gasteiger partial charge in [0.1, 0.15) is 6.29 Å². The fourth-order valence-corrected chi connectivity index (χ4v) is 2.69. The highest BCUT2D eigenvalue weighted by Crippen LogP contribution is 2.20. The second kappa shape index (κ2) is 5.41. The number of fused-ring (bicyclic) bond motifs is 1. The third kappa shape index (κ3) is 2.05. The van der Waals surface area contributed by atoms with E-state index < -0.39 is 11.2 Å². The number of nitrogens with zero attached hydrogens (tertiary/aromatic N) is 5. The molecule has 0 amide bonds. The monoisotopic (exact) mass is 307 g/mol. The van der Waals surface area contributed by atoms with Crippen molar-refractivity contribution in [2.75, 3.05) is 31.2 Å². The summed E-state index contributed by atoms with van der Waals surface area (Å²) in [6.07, 6.45) is 0.718. The number of morpholine rings is 1. The zero-order chi connectivity index (χ0) is 15.9. The summed E-state index contributed by atoms with van der Waals surface area (Å²) in [5.74, 6) is 0.517. The highest BCUT2D eigenvalue weighted by molar-refractivity contribution is 5.76. The molecule has 1 saturated heterocycles. The van der Waals surface area contributed by atoms with E-state index in [-0.39, 0.29) is 17.7 Å². The number of carbonyl (C=O) groups excluding carboxylic acids is 1. The van der Waals surface area contributed by atoms with Crippen LogP contribution in [-0.2, 0) is 30.2 Å². The van der Waals surface area contributed by atoms with E-state index >= 15 is 0 Å². The van der Waals surface area contributed by atoms with Gasteiger partial charge in [-0.1, -0.05) is 0 Å². The van der Waals surface area contributed by atoms with Crippen LogP contribution < -0.4 is 16.1 Å². The van der Waals surface area contributed by atoms with Gasteiger partial charge >= 0.3 is 5.69 Å². The third-order valence-electron chi connectivity index (χ3n) is 3.88. The standard InChI is InChI=1S/C13H17N5O4/c1-15-10-9(11(20)16(2)13(15)21)18(3-6-19)12(14-10)17-4-7-22-8-5-17/h6H,3-5,7-8H2,1-2H3. The van der Waals surface area contributed by atoms with Gasteiger partial charge in [-0.3, -0.25) is 18.5 Å². The second-order valence-corrected chi connectivity index (χ2v) is 5.17. The van der Waals surface area contributed by atoms with Crippen LogP contribution in [0.25, 0.3) is 11.2 Å². The van der Waals surface area contributed by atoms with Crippen molar-refractivity contribution in [1.82, 2.24) is 18.7 Å². The van der Waals surface area contributed by atoms with E-state index in [1.807, 2.05) is 4.90 Å². The first kappa shape index (κ1) is 14.5. The van der Waals surface area contributed by atoms with Crippen molar-refractivity contribution in [3.63, 3.8) is 0 Å². The number of anilines is 1. The molecule has 2 aromatic heterocycles. The summed E-state index contributed by atoms with van der Waals surface area (Å²) in [5.41, 5.74) is -0.344. The first-order valence-corrected chi connectivity index (χ1v) is 6.99. The van der Waals surface area contributed by atoms with Gasteiger partial charge in [0.15, 0.2) is 11.2 Å². The number of aromatic nitrogens is 4. The van der Waals surface area contributed by atoms with Crippen molar-refractivity contribution in [1.29, 1.82) is 0 Å². The molecule has 1 aliphatic heterocycles. The van der Waals surface area contributed by atoms with E-state index in [4.69, 9.17) is 4.74 Å². The summed E-state index contributed by atoms with van der Waals surface area (Å²) in [5, 5.41) is 0. The minimum atomic E-state index is -0.452. The van der Waals surface area contributed by atoms with Crippen LogP contribution in [0.2, 0.25) is 0 Å². The van der Waals surface area contributed by atoms with Gasteiger partial charge in [0.2, 0.25) is 5.95 Å². The molecule has 0 aliphatic carbocycles. The van der Waals surface area contributed by atoms with Crippen LogP contribution in [0.5, 0.6) is 0 Å². The average Bonchev–Trinajstić information content (AvgIpc) is 2.92. The van der Waals surface area contributed by atoms with Gasteiger partial charge in [-0.25, -0.2) is 4.79 Å². The van der Waals surface area contributed by atoms with E-state index in [1.54, 1.807) is 11.6 Å². The number of hydrogen-bond donors (Lipinski definition) is 0. The molecular weight excluding hydrogens is 290 g/mol. The van der Waals surface area contributed by atoms with Crippen LogP contribution >= 0.6 is 0 Å². The summed E-state index contributed by atoms with van der Waals surface area (Å²) in [7, 11) is 2.97. The van der Waals surface area contributed by atoms with E-state index in [2.05, 4.69) is 4.98 Å². The number of carbonyl (C=O) groups is 1. The maximum atomic E-state index is 12.4. The highest BCUT2D eigenvalue weighted by Gasteiger charge is 2.23. The quantitative estimate of drug-likeness (QED) is 0.639. The largest absolute Gasteiger partial charge is 0.378 e. The molecule has 3 rings (SSSR count). The van der Waals surface area contributed by atoms with E-state index in [0.717, 1.165) is 10.9 Å². The van der Waals surface area contributed by atoms with Crippen LogP contribution in [-0.4, -0.2) is 51.3 Å². The topological polar surface area (TPSA) is 91.4 Å². The number of hydrogen-bond acceptors (Lipinski definition) is 6. The number of rotatable bonds is 3. The molecule has 118 valence electrons. The van der Waals surface area contributed by atoms with Crippen LogP contribution in [0.4, 0.5) is 5.95 Å². The van der Waals surface area contributed by atoms with Crippen LogP contribution in [0.15, 0.2) is 9.59 Å². The molecular formula is C13H17N5O4. The molecule has 0 aromatic carbocycles. The minimum Gasteiger partial charge on any atom is -0.378 e. The van der Waals surface area contributed by atoms with Crippen molar-refractivity contribution in [3.8, 4) is 0 Å². The van der Waals surface area contributed by atoms with E-state index in [0.29, 0.717) is 32.3 Å². The van der Waals surface area contributed by atoms with Crippen molar-refractivity contribution < 1.29 is 9.53 Å².